The van der Waals surface area contributed by atoms with Crippen molar-refractivity contribution >= 4 is 17.9 Å². The molecule has 470 valence electrons. The first-order chi connectivity index (χ1) is 39.5. The van der Waals surface area contributed by atoms with Crippen LogP contribution in [0.3, 0.4) is 0 Å². The number of allylic oxidation sites excluding steroid dienone is 6. The molecule has 6 nitrogen and oxygen atoms in total. The van der Waals surface area contributed by atoms with Gasteiger partial charge in [-0.3, -0.25) is 14.4 Å². The quantitative estimate of drug-likeness (QED) is 0.0261. The van der Waals surface area contributed by atoms with Gasteiger partial charge in [-0.05, 0) is 77.0 Å². The lowest BCUT2D eigenvalue weighted by Gasteiger charge is -2.18. The second-order valence-corrected chi connectivity index (χ2v) is 24.5. The van der Waals surface area contributed by atoms with E-state index in [1.165, 1.54) is 289 Å². The molecule has 0 radical (unpaired) electrons. The van der Waals surface area contributed by atoms with E-state index in [4.69, 9.17) is 14.2 Å². The fourth-order valence-corrected chi connectivity index (χ4v) is 10.9. The van der Waals surface area contributed by atoms with Crippen LogP contribution in [-0.4, -0.2) is 37.2 Å². The van der Waals surface area contributed by atoms with Crippen molar-refractivity contribution in [1.82, 2.24) is 0 Å². The fraction of sp³-hybridized carbons (Fsp3) is 0.878. The number of carbonyl (C=O) groups excluding carboxylic acids is 3. The summed E-state index contributed by atoms with van der Waals surface area (Å²) >= 11 is 0. The highest BCUT2D eigenvalue weighted by molar-refractivity contribution is 5.71. The Hall–Kier alpha value is -2.37. The van der Waals surface area contributed by atoms with Gasteiger partial charge in [-0.15, -0.1) is 0 Å². The molecule has 1 atom stereocenters. The monoisotopic (exact) mass is 1120 g/mol. The minimum absolute atomic E-state index is 0.0685. The average Bonchev–Trinajstić information content (AvgIpc) is 3.46. The SMILES string of the molecule is CCCCCC/C=C\CCCCCCCC(=O)OCC(COC(=O)CCCCCCCCCCCCCCCCCCCCC/C=C\C/C=C\CCCCCCC)OC(=O)CCCCCCCCCCCCCCCCCCCC. The third-order valence-electron chi connectivity index (χ3n) is 16.4. The van der Waals surface area contributed by atoms with E-state index >= 15 is 0 Å². The van der Waals surface area contributed by atoms with Crippen molar-refractivity contribution in [2.45, 2.75) is 406 Å². The topological polar surface area (TPSA) is 78.9 Å². The Morgan fingerprint density at radius 2 is 0.450 bits per heavy atom. The number of hydrogen-bond acceptors (Lipinski definition) is 6. The minimum atomic E-state index is -0.772. The van der Waals surface area contributed by atoms with Crippen LogP contribution in [0.1, 0.15) is 400 Å². The third kappa shape index (κ3) is 66.4. The molecule has 0 aromatic heterocycles. The molecule has 80 heavy (non-hydrogen) atoms. The Balaban J connectivity index is 4.14. The summed E-state index contributed by atoms with van der Waals surface area (Å²) in [5.74, 6) is -0.847. The zero-order chi connectivity index (χ0) is 57.8. The maximum Gasteiger partial charge on any atom is 0.306 e. The Bertz CT molecular complexity index is 1340. The lowest BCUT2D eigenvalue weighted by atomic mass is 10.0. The molecule has 0 aliphatic carbocycles. The molecule has 0 aromatic rings. The first-order valence-electron chi connectivity index (χ1n) is 36.0. The van der Waals surface area contributed by atoms with E-state index in [0.717, 1.165) is 70.6 Å². The smallest absolute Gasteiger partial charge is 0.306 e. The van der Waals surface area contributed by atoms with Crippen molar-refractivity contribution in [3.8, 4) is 0 Å². The van der Waals surface area contributed by atoms with E-state index in [9.17, 15) is 14.4 Å². The number of hydrogen-bond donors (Lipinski definition) is 0. The van der Waals surface area contributed by atoms with Crippen LogP contribution in [0.4, 0.5) is 0 Å². The highest BCUT2D eigenvalue weighted by Crippen LogP contribution is 2.19. The first-order valence-corrected chi connectivity index (χ1v) is 36.0. The highest BCUT2D eigenvalue weighted by atomic mass is 16.6. The number of esters is 3. The molecular formula is C74H138O6. The Morgan fingerprint density at radius 1 is 0.250 bits per heavy atom. The van der Waals surface area contributed by atoms with Gasteiger partial charge in [0.25, 0.3) is 0 Å². The summed E-state index contributed by atoms with van der Waals surface area (Å²) in [5, 5.41) is 0. The van der Waals surface area contributed by atoms with Crippen LogP contribution in [-0.2, 0) is 28.6 Å². The Kier molecular flexibility index (Phi) is 67.1. The second kappa shape index (κ2) is 69.1. The van der Waals surface area contributed by atoms with Gasteiger partial charge in [-0.1, -0.05) is 340 Å². The summed E-state index contributed by atoms with van der Waals surface area (Å²) in [5.41, 5.74) is 0. The maximum atomic E-state index is 12.9. The van der Waals surface area contributed by atoms with Crippen molar-refractivity contribution in [3.05, 3.63) is 36.5 Å². The number of unbranched alkanes of at least 4 members (excludes halogenated alkanes) is 50. The van der Waals surface area contributed by atoms with E-state index in [0.29, 0.717) is 19.3 Å². The summed E-state index contributed by atoms with van der Waals surface area (Å²) in [4.78, 5) is 38.4. The van der Waals surface area contributed by atoms with Crippen LogP contribution in [0.5, 0.6) is 0 Å². The normalized spacial score (nSPS) is 12.2. The van der Waals surface area contributed by atoms with Crippen LogP contribution < -0.4 is 0 Å². The molecule has 0 aliphatic rings. The van der Waals surface area contributed by atoms with Crippen LogP contribution in [0.15, 0.2) is 36.5 Å². The molecule has 0 bridgehead atoms. The molecule has 6 heteroatoms. The molecule has 0 N–H and O–H groups in total. The van der Waals surface area contributed by atoms with E-state index in [1.54, 1.807) is 0 Å². The predicted octanol–water partition coefficient (Wildman–Crippen LogP) is 24.7. The van der Waals surface area contributed by atoms with Crippen LogP contribution in [0.25, 0.3) is 0 Å². The predicted molar refractivity (Wildman–Crippen MR) is 349 cm³/mol. The van der Waals surface area contributed by atoms with Gasteiger partial charge in [0, 0.05) is 19.3 Å². The Labute approximate surface area is 499 Å². The van der Waals surface area contributed by atoms with Crippen molar-refractivity contribution in [2.75, 3.05) is 13.2 Å². The van der Waals surface area contributed by atoms with Gasteiger partial charge < -0.3 is 14.2 Å². The van der Waals surface area contributed by atoms with Gasteiger partial charge in [0.1, 0.15) is 13.2 Å². The highest BCUT2D eigenvalue weighted by Gasteiger charge is 2.19. The molecule has 0 aliphatic heterocycles. The van der Waals surface area contributed by atoms with Gasteiger partial charge in [0.15, 0.2) is 6.10 Å². The summed E-state index contributed by atoms with van der Waals surface area (Å²) in [6.07, 6.45) is 86.1. The lowest BCUT2D eigenvalue weighted by molar-refractivity contribution is -0.167. The van der Waals surface area contributed by atoms with Gasteiger partial charge >= 0.3 is 17.9 Å². The van der Waals surface area contributed by atoms with Crippen LogP contribution in [0, 0.1) is 0 Å². The number of carbonyl (C=O) groups is 3. The largest absolute Gasteiger partial charge is 0.462 e. The van der Waals surface area contributed by atoms with Gasteiger partial charge in [0.05, 0.1) is 0 Å². The number of ether oxygens (including phenoxy) is 3. The Morgan fingerprint density at radius 3 is 0.713 bits per heavy atom. The van der Waals surface area contributed by atoms with Crippen LogP contribution >= 0.6 is 0 Å². The van der Waals surface area contributed by atoms with Gasteiger partial charge in [-0.25, -0.2) is 0 Å². The summed E-state index contributed by atoms with van der Waals surface area (Å²) in [6, 6.07) is 0. The molecule has 0 saturated heterocycles. The minimum Gasteiger partial charge on any atom is -0.462 e. The van der Waals surface area contributed by atoms with Crippen molar-refractivity contribution < 1.29 is 28.6 Å². The molecular weight excluding hydrogens is 985 g/mol. The third-order valence-corrected chi connectivity index (χ3v) is 16.4. The number of rotatable bonds is 67. The zero-order valence-electron chi connectivity index (χ0n) is 54.1. The van der Waals surface area contributed by atoms with Gasteiger partial charge in [0.2, 0.25) is 0 Å². The molecule has 0 rings (SSSR count). The van der Waals surface area contributed by atoms with Crippen molar-refractivity contribution in [2.24, 2.45) is 0 Å². The van der Waals surface area contributed by atoms with Gasteiger partial charge in [-0.2, -0.15) is 0 Å². The molecule has 0 aromatic carbocycles. The van der Waals surface area contributed by atoms with E-state index in [-0.39, 0.29) is 31.1 Å². The molecule has 0 heterocycles. The maximum absolute atomic E-state index is 12.9. The van der Waals surface area contributed by atoms with E-state index < -0.39 is 6.10 Å². The van der Waals surface area contributed by atoms with E-state index in [2.05, 4.69) is 57.2 Å². The molecule has 1 unspecified atom stereocenters. The molecule has 0 saturated carbocycles. The summed E-state index contributed by atoms with van der Waals surface area (Å²) < 4.78 is 17.0. The average molecular weight is 1120 g/mol. The second-order valence-electron chi connectivity index (χ2n) is 24.5. The van der Waals surface area contributed by atoms with Crippen LogP contribution in [0.2, 0.25) is 0 Å². The summed E-state index contributed by atoms with van der Waals surface area (Å²) in [6.45, 7) is 6.68. The molecule has 0 spiro atoms. The zero-order valence-corrected chi connectivity index (χ0v) is 54.1. The molecule has 0 fully saturated rings. The molecule has 0 amide bonds. The lowest BCUT2D eigenvalue weighted by Crippen LogP contribution is -2.30. The van der Waals surface area contributed by atoms with Crippen molar-refractivity contribution in [3.63, 3.8) is 0 Å². The fourth-order valence-electron chi connectivity index (χ4n) is 10.9. The summed E-state index contributed by atoms with van der Waals surface area (Å²) in [7, 11) is 0. The van der Waals surface area contributed by atoms with Crippen molar-refractivity contribution in [1.29, 1.82) is 0 Å². The van der Waals surface area contributed by atoms with E-state index in [1.807, 2.05) is 0 Å². The standard InChI is InChI=1S/C74H138O6/c1-4-7-10-13-16-19-22-25-27-29-31-32-33-34-35-36-37-38-39-40-41-42-43-45-46-49-52-55-58-61-64-67-73(76)79-70-71(69-78-72(75)66-63-60-57-54-51-48-24-21-18-15-12-9-6-3)80-74(77)68-65-62-59-56-53-50-47-44-30-28-26-23-20-17-14-11-8-5-2/h21-22,24-25,29,31,71H,4-20,23,26-28,30,32-70H2,1-3H3/b24-21-,25-22-,31-29-. The first kappa shape index (κ1) is 77.6.